The topological polar surface area (TPSA) is 90.4 Å². The molecule has 6 heteroatoms. The zero-order valence-corrected chi connectivity index (χ0v) is 5.92. The fourth-order valence-corrected chi connectivity index (χ4v) is 0.936. The van der Waals surface area contributed by atoms with E-state index in [4.69, 9.17) is 0 Å². The molecule has 12 heavy (non-hydrogen) atoms. The first-order valence-electron chi connectivity index (χ1n) is 3.16. The molecular formula is C6H4N4O2. The van der Waals surface area contributed by atoms with Crippen molar-refractivity contribution in [1.82, 2.24) is 9.97 Å². The zero-order chi connectivity index (χ0) is 8.72. The quantitative estimate of drug-likeness (QED) is 0.455. The van der Waals surface area contributed by atoms with Gasteiger partial charge in [0.15, 0.2) is 10.8 Å². The molecule has 0 bridgehead atoms. The van der Waals surface area contributed by atoms with Crippen LogP contribution in [-0.2, 0) is 0 Å². The van der Waals surface area contributed by atoms with Crippen LogP contribution < -0.4 is 22.1 Å². The van der Waals surface area contributed by atoms with Crippen LogP contribution in [0.3, 0.4) is 0 Å². The molecule has 0 amide bonds. The van der Waals surface area contributed by atoms with Gasteiger partial charge in [-0.1, -0.05) is 6.58 Å². The Hall–Kier alpha value is -1.98. The van der Waals surface area contributed by atoms with E-state index < -0.39 is 11.2 Å². The molecular weight excluding hydrogens is 160 g/mol. The van der Waals surface area contributed by atoms with Crippen molar-refractivity contribution < 1.29 is 0 Å². The van der Waals surface area contributed by atoms with Gasteiger partial charge in [-0.3, -0.25) is 14.8 Å². The van der Waals surface area contributed by atoms with E-state index in [-0.39, 0.29) is 16.7 Å². The first kappa shape index (κ1) is 6.71. The number of hydrogen-bond donors (Lipinski definition) is 2. The summed E-state index contributed by atoms with van der Waals surface area (Å²) in [6, 6.07) is 0. The van der Waals surface area contributed by atoms with Crippen LogP contribution in [0.25, 0.3) is 0 Å². The molecule has 6 nitrogen and oxygen atoms in total. The Morgan fingerprint density at radius 2 is 1.92 bits per heavy atom. The number of hydrogen-bond acceptors (Lipinski definition) is 4. The average molecular weight is 164 g/mol. The predicted molar refractivity (Wildman–Crippen MR) is 39.1 cm³/mol. The van der Waals surface area contributed by atoms with Crippen molar-refractivity contribution in [3.05, 3.63) is 44.1 Å². The summed E-state index contributed by atoms with van der Waals surface area (Å²) >= 11 is 0. The lowest BCUT2D eigenvalue weighted by Gasteiger charge is -1.79. The van der Waals surface area contributed by atoms with Crippen molar-refractivity contribution in [2.75, 3.05) is 0 Å². The van der Waals surface area contributed by atoms with Crippen molar-refractivity contribution in [2.45, 2.75) is 0 Å². The maximum Gasteiger partial charge on any atom is 0.327 e. The lowest BCUT2D eigenvalue weighted by molar-refractivity contribution is 0.952. The Kier molecular flexibility index (Phi) is 1.12. The third-order valence-electron chi connectivity index (χ3n) is 1.38. The molecule has 0 aliphatic carbocycles. The van der Waals surface area contributed by atoms with Crippen LogP contribution in [0.5, 0.6) is 0 Å². The highest BCUT2D eigenvalue weighted by molar-refractivity contribution is 5.00. The number of aromatic amines is 2. The van der Waals surface area contributed by atoms with Crippen molar-refractivity contribution in [3.8, 4) is 0 Å². The average Bonchev–Trinajstić information content (AvgIpc) is 2.29. The van der Waals surface area contributed by atoms with Crippen LogP contribution in [0.1, 0.15) is 0 Å². The Bertz CT molecular complexity index is 577. The number of rotatable bonds is 0. The molecule has 0 atom stereocenters. The molecule has 1 aliphatic rings. The number of H-pyrrole nitrogens is 2. The first-order valence-corrected chi connectivity index (χ1v) is 3.16. The SMILES string of the molecule is C=C1N=c2[nH]c(=O)[nH]c(=O)c2=N1. The molecule has 0 aromatic carbocycles. The van der Waals surface area contributed by atoms with E-state index in [2.05, 4.69) is 21.5 Å². The van der Waals surface area contributed by atoms with E-state index in [0.717, 1.165) is 0 Å². The molecule has 60 valence electrons. The lowest BCUT2D eigenvalue weighted by Crippen LogP contribution is -2.46. The number of fused-ring (bicyclic) bond motifs is 1. The van der Waals surface area contributed by atoms with Gasteiger partial charge in [0.2, 0.25) is 0 Å². The van der Waals surface area contributed by atoms with Gasteiger partial charge in [-0.2, -0.15) is 0 Å². The van der Waals surface area contributed by atoms with Crippen LogP contribution in [0.15, 0.2) is 32.0 Å². The maximum absolute atomic E-state index is 11.0. The number of aromatic nitrogens is 2. The van der Waals surface area contributed by atoms with Gasteiger partial charge in [-0.15, -0.1) is 0 Å². The van der Waals surface area contributed by atoms with Crippen LogP contribution >= 0.6 is 0 Å². The molecule has 0 radical (unpaired) electrons. The fraction of sp³-hybridized carbons (Fsp3) is 0. The van der Waals surface area contributed by atoms with Crippen LogP contribution in [0.4, 0.5) is 0 Å². The maximum atomic E-state index is 11.0. The Labute approximate surface area is 65.0 Å². The zero-order valence-electron chi connectivity index (χ0n) is 5.92. The van der Waals surface area contributed by atoms with Crippen molar-refractivity contribution in [1.29, 1.82) is 0 Å². The van der Waals surface area contributed by atoms with Gasteiger partial charge in [0, 0.05) is 0 Å². The van der Waals surface area contributed by atoms with Crippen LogP contribution in [0, 0.1) is 0 Å². The second kappa shape index (κ2) is 2.00. The van der Waals surface area contributed by atoms with Gasteiger partial charge in [0.05, 0.1) is 0 Å². The summed E-state index contributed by atoms with van der Waals surface area (Å²) in [5.74, 6) is 0.220. The molecule has 0 saturated heterocycles. The molecule has 0 saturated carbocycles. The largest absolute Gasteiger partial charge is 0.327 e. The van der Waals surface area contributed by atoms with Gasteiger partial charge < -0.3 is 0 Å². The Balaban J connectivity index is 3.15. The van der Waals surface area contributed by atoms with Crippen molar-refractivity contribution >= 4 is 0 Å². The minimum Gasteiger partial charge on any atom is -0.290 e. The van der Waals surface area contributed by atoms with Crippen molar-refractivity contribution in [3.63, 3.8) is 0 Å². The van der Waals surface area contributed by atoms with E-state index in [9.17, 15) is 9.59 Å². The molecule has 0 fully saturated rings. The highest BCUT2D eigenvalue weighted by Crippen LogP contribution is 1.89. The second-order valence-electron chi connectivity index (χ2n) is 2.25. The van der Waals surface area contributed by atoms with E-state index in [1.807, 2.05) is 4.98 Å². The van der Waals surface area contributed by atoms with Gasteiger partial charge in [-0.05, 0) is 0 Å². The van der Waals surface area contributed by atoms with E-state index >= 15 is 0 Å². The summed E-state index contributed by atoms with van der Waals surface area (Å²) in [5.41, 5.74) is -0.961. The monoisotopic (exact) mass is 164 g/mol. The standard InChI is InChI=1S/C6H4N4O2/c1-2-7-3-4(8-2)9-6(12)10-5(3)11/h1H2,(H2,8,9,10,11,12). The third-order valence-corrected chi connectivity index (χ3v) is 1.38. The first-order chi connectivity index (χ1) is 5.66. The fourth-order valence-electron chi connectivity index (χ4n) is 0.936. The molecule has 2 rings (SSSR count). The minimum absolute atomic E-state index is 0.111. The van der Waals surface area contributed by atoms with Crippen LogP contribution in [-0.4, -0.2) is 9.97 Å². The third kappa shape index (κ3) is 0.815. The molecule has 0 spiro atoms. The smallest absolute Gasteiger partial charge is 0.290 e. The van der Waals surface area contributed by atoms with Gasteiger partial charge in [-0.25, -0.2) is 14.8 Å². The summed E-state index contributed by atoms with van der Waals surface area (Å²) in [5, 5.41) is 0.111. The molecule has 0 unspecified atom stereocenters. The summed E-state index contributed by atoms with van der Waals surface area (Å²) in [7, 11) is 0. The summed E-state index contributed by atoms with van der Waals surface area (Å²) in [4.78, 5) is 33.5. The summed E-state index contributed by atoms with van der Waals surface area (Å²) in [6.45, 7) is 3.43. The van der Waals surface area contributed by atoms with Crippen molar-refractivity contribution in [2.24, 2.45) is 9.98 Å². The number of nitrogens with zero attached hydrogens (tertiary/aromatic N) is 2. The molecule has 1 aromatic heterocycles. The molecule has 2 heterocycles. The minimum atomic E-state index is -0.590. The molecule has 1 aromatic rings. The van der Waals surface area contributed by atoms with Gasteiger partial charge >= 0.3 is 5.69 Å². The predicted octanol–water partition coefficient (Wildman–Crippen LogP) is -2.21. The highest BCUT2D eigenvalue weighted by atomic mass is 16.2. The van der Waals surface area contributed by atoms with E-state index in [1.165, 1.54) is 0 Å². The highest BCUT2D eigenvalue weighted by Gasteiger charge is 2.04. The van der Waals surface area contributed by atoms with E-state index in [1.54, 1.807) is 0 Å². The summed E-state index contributed by atoms with van der Waals surface area (Å²) in [6.07, 6.45) is 0. The molecule has 2 N–H and O–H groups in total. The van der Waals surface area contributed by atoms with Gasteiger partial charge in [0.25, 0.3) is 5.56 Å². The lowest BCUT2D eigenvalue weighted by atomic mass is 10.6. The summed E-state index contributed by atoms with van der Waals surface area (Å²) < 4.78 is 0. The second-order valence-corrected chi connectivity index (χ2v) is 2.25. The number of nitrogens with one attached hydrogen (secondary N) is 2. The Morgan fingerprint density at radius 1 is 1.17 bits per heavy atom. The van der Waals surface area contributed by atoms with Gasteiger partial charge in [0.1, 0.15) is 5.82 Å². The van der Waals surface area contributed by atoms with Crippen LogP contribution in [0.2, 0.25) is 0 Å². The Morgan fingerprint density at radius 3 is 2.67 bits per heavy atom. The normalized spacial score (nSPS) is 13.5. The van der Waals surface area contributed by atoms with E-state index in [0.29, 0.717) is 0 Å². The molecule has 1 aliphatic heterocycles.